The van der Waals surface area contributed by atoms with E-state index in [0.29, 0.717) is 5.92 Å². The lowest BCUT2D eigenvalue weighted by Gasteiger charge is -2.38. The third kappa shape index (κ3) is 6.23. The molecule has 3 rings (SSSR count). The van der Waals surface area contributed by atoms with E-state index in [9.17, 15) is 17.6 Å². The minimum atomic E-state index is -4.04. The summed E-state index contributed by atoms with van der Waals surface area (Å²) in [4.78, 5) is 0. The van der Waals surface area contributed by atoms with Crippen LogP contribution in [-0.2, 0) is 20.3 Å². The van der Waals surface area contributed by atoms with E-state index in [1.807, 2.05) is 6.92 Å². The van der Waals surface area contributed by atoms with Crippen LogP contribution >= 0.6 is 0 Å². The fourth-order valence-corrected chi connectivity index (χ4v) is 4.38. The van der Waals surface area contributed by atoms with Crippen LogP contribution < -0.4 is 4.74 Å². The van der Waals surface area contributed by atoms with E-state index in [4.69, 9.17) is 18.9 Å². The van der Waals surface area contributed by atoms with Crippen molar-refractivity contribution in [2.45, 2.75) is 70.9 Å². The first-order valence-electron chi connectivity index (χ1n) is 11.4. The average Bonchev–Trinajstić information content (AvgIpc) is 2.78. The summed E-state index contributed by atoms with van der Waals surface area (Å²) in [5.74, 6) is -2.65. The maximum atomic E-state index is 14.5. The van der Waals surface area contributed by atoms with Crippen molar-refractivity contribution in [2.24, 2.45) is 11.8 Å². The van der Waals surface area contributed by atoms with Gasteiger partial charge >= 0.3 is 6.11 Å². The Morgan fingerprint density at radius 3 is 2.38 bits per heavy atom. The van der Waals surface area contributed by atoms with Crippen LogP contribution in [0.2, 0.25) is 0 Å². The van der Waals surface area contributed by atoms with Gasteiger partial charge in [0.2, 0.25) is 5.82 Å². The Balaban J connectivity index is 1.49. The molecule has 0 radical (unpaired) electrons. The number of alkyl halides is 2. The highest BCUT2D eigenvalue weighted by molar-refractivity contribution is 5.32. The van der Waals surface area contributed by atoms with Crippen molar-refractivity contribution in [3.8, 4) is 5.75 Å². The zero-order chi connectivity index (χ0) is 23.1. The molecule has 0 atom stereocenters. The average molecular weight is 461 g/mol. The number of halogens is 4. The minimum Gasteiger partial charge on any atom is -0.491 e. The SMILES string of the molecule is CC=CCCC1CCC(C2OCC(OC(F)(F)c3ccc(OCC)c(F)c3F)CO2)CC1. The van der Waals surface area contributed by atoms with Crippen LogP contribution in [0.15, 0.2) is 24.3 Å². The summed E-state index contributed by atoms with van der Waals surface area (Å²) in [5, 5.41) is 0. The Labute approximate surface area is 186 Å². The van der Waals surface area contributed by atoms with Gasteiger partial charge in [0.15, 0.2) is 17.9 Å². The lowest BCUT2D eigenvalue weighted by atomic mass is 9.79. The van der Waals surface area contributed by atoms with E-state index in [2.05, 4.69) is 12.2 Å². The standard InChI is InChI=1S/C24H32F4O4/c1-3-5-6-7-16-8-10-17(11-9-16)23-30-14-18(15-31-23)32-24(27,28)19-12-13-20(29-4-2)22(26)21(19)25/h3,5,12-13,16-18,23H,4,6-11,14-15H2,1-2H3. The highest BCUT2D eigenvalue weighted by Gasteiger charge is 2.42. The fourth-order valence-electron chi connectivity index (χ4n) is 4.38. The minimum absolute atomic E-state index is 0.0817. The van der Waals surface area contributed by atoms with E-state index in [0.717, 1.165) is 44.2 Å². The molecule has 2 aliphatic rings. The Bertz CT molecular complexity index is 755. The van der Waals surface area contributed by atoms with Crippen molar-refractivity contribution >= 4 is 0 Å². The number of rotatable bonds is 9. The van der Waals surface area contributed by atoms with E-state index >= 15 is 0 Å². The predicted octanol–water partition coefficient (Wildman–Crippen LogP) is 6.33. The van der Waals surface area contributed by atoms with Gasteiger partial charge in [-0.25, -0.2) is 4.39 Å². The molecule has 0 unspecified atom stereocenters. The Morgan fingerprint density at radius 1 is 1.06 bits per heavy atom. The van der Waals surface area contributed by atoms with Crippen LogP contribution in [0.5, 0.6) is 5.75 Å². The summed E-state index contributed by atoms with van der Waals surface area (Å²) >= 11 is 0. The summed E-state index contributed by atoms with van der Waals surface area (Å²) in [5.41, 5.74) is -1.18. The quantitative estimate of drug-likeness (QED) is 0.319. The predicted molar refractivity (Wildman–Crippen MR) is 111 cm³/mol. The molecule has 1 aromatic rings. The highest BCUT2D eigenvalue weighted by Crippen LogP contribution is 2.38. The molecule has 0 aromatic heterocycles. The van der Waals surface area contributed by atoms with Crippen LogP contribution in [0.3, 0.4) is 0 Å². The zero-order valence-electron chi connectivity index (χ0n) is 18.6. The molecule has 1 saturated carbocycles. The first kappa shape index (κ1) is 25.0. The summed E-state index contributed by atoms with van der Waals surface area (Å²) in [6, 6.07) is 1.73. The number of benzene rings is 1. The molecule has 1 aliphatic carbocycles. The summed E-state index contributed by atoms with van der Waals surface area (Å²) in [6.07, 6.45) is 5.11. The van der Waals surface area contributed by atoms with Gasteiger partial charge in [0.1, 0.15) is 6.10 Å². The maximum Gasteiger partial charge on any atom is 0.386 e. The van der Waals surface area contributed by atoms with Gasteiger partial charge in [-0.3, -0.25) is 0 Å². The van der Waals surface area contributed by atoms with Gasteiger partial charge in [-0.1, -0.05) is 12.2 Å². The second kappa shape index (κ2) is 11.5. The molecule has 1 aromatic carbocycles. The first-order valence-corrected chi connectivity index (χ1v) is 11.4. The van der Waals surface area contributed by atoms with Crippen molar-refractivity contribution in [3.05, 3.63) is 41.5 Å². The normalized spacial score (nSPS) is 27.1. The topological polar surface area (TPSA) is 36.9 Å². The molecular weight excluding hydrogens is 428 g/mol. The molecule has 0 N–H and O–H groups in total. The van der Waals surface area contributed by atoms with Gasteiger partial charge in [-0.05, 0) is 70.4 Å². The number of ether oxygens (including phenoxy) is 4. The molecule has 4 nitrogen and oxygen atoms in total. The van der Waals surface area contributed by atoms with Crippen LogP contribution in [0, 0.1) is 23.5 Å². The third-order valence-corrected chi connectivity index (χ3v) is 6.12. The smallest absolute Gasteiger partial charge is 0.386 e. The Morgan fingerprint density at radius 2 is 1.75 bits per heavy atom. The van der Waals surface area contributed by atoms with Gasteiger partial charge in [-0.2, -0.15) is 13.2 Å². The molecule has 8 heteroatoms. The van der Waals surface area contributed by atoms with Crippen molar-refractivity contribution in [1.82, 2.24) is 0 Å². The van der Waals surface area contributed by atoms with Gasteiger partial charge in [0.25, 0.3) is 0 Å². The van der Waals surface area contributed by atoms with Crippen molar-refractivity contribution in [1.29, 1.82) is 0 Å². The molecule has 1 aliphatic heterocycles. The van der Waals surface area contributed by atoms with Gasteiger partial charge in [0, 0.05) is 5.92 Å². The van der Waals surface area contributed by atoms with Gasteiger partial charge in [0.05, 0.1) is 25.4 Å². The van der Waals surface area contributed by atoms with Crippen molar-refractivity contribution in [2.75, 3.05) is 19.8 Å². The molecule has 180 valence electrons. The molecule has 2 fully saturated rings. The largest absolute Gasteiger partial charge is 0.491 e. The molecular formula is C24H32F4O4. The van der Waals surface area contributed by atoms with Crippen LogP contribution in [0.25, 0.3) is 0 Å². The van der Waals surface area contributed by atoms with Gasteiger partial charge < -0.3 is 18.9 Å². The van der Waals surface area contributed by atoms with Crippen LogP contribution in [0.1, 0.15) is 57.9 Å². The molecule has 0 spiro atoms. The summed E-state index contributed by atoms with van der Waals surface area (Å²) in [6.45, 7) is 3.49. The Hall–Kier alpha value is -1.64. The second-order valence-electron chi connectivity index (χ2n) is 8.39. The maximum absolute atomic E-state index is 14.5. The highest BCUT2D eigenvalue weighted by atomic mass is 19.3. The molecule has 1 heterocycles. The zero-order valence-corrected chi connectivity index (χ0v) is 18.6. The van der Waals surface area contributed by atoms with E-state index < -0.39 is 41.4 Å². The second-order valence-corrected chi connectivity index (χ2v) is 8.39. The van der Waals surface area contributed by atoms with E-state index in [1.165, 1.54) is 6.42 Å². The number of allylic oxidation sites excluding steroid dienone is 2. The van der Waals surface area contributed by atoms with Crippen molar-refractivity contribution < 1.29 is 36.5 Å². The first-order chi connectivity index (χ1) is 15.4. The third-order valence-electron chi connectivity index (χ3n) is 6.12. The summed E-state index contributed by atoms with van der Waals surface area (Å²) in [7, 11) is 0. The molecule has 0 amide bonds. The summed E-state index contributed by atoms with van der Waals surface area (Å²) < 4.78 is 78.3. The monoisotopic (exact) mass is 460 g/mol. The number of hydrogen-bond donors (Lipinski definition) is 0. The lowest BCUT2D eigenvalue weighted by Crippen LogP contribution is -2.44. The fraction of sp³-hybridized carbons (Fsp3) is 0.667. The number of hydrogen-bond acceptors (Lipinski definition) is 4. The molecule has 0 bridgehead atoms. The molecule has 32 heavy (non-hydrogen) atoms. The lowest BCUT2D eigenvalue weighted by molar-refractivity contribution is -0.326. The van der Waals surface area contributed by atoms with Gasteiger partial charge in [-0.15, -0.1) is 0 Å². The van der Waals surface area contributed by atoms with Crippen LogP contribution in [0.4, 0.5) is 17.6 Å². The van der Waals surface area contributed by atoms with E-state index in [-0.39, 0.29) is 25.7 Å². The molecule has 1 saturated heterocycles. The van der Waals surface area contributed by atoms with Crippen molar-refractivity contribution in [3.63, 3.8) is 0 Å². The Kier molecular flexibility index (Phi) is 8.96. The van der Waals surface area contributed by atoms with E-state index in [1.54, 1.807) is 6.92 Å². The van der Waals surface area contributed by atoms with Crippen LogP contribution in [-0.4, -0.2) is 32.2 Å².